The molecule has 0 spiro atoms. The summed E-state index contributed by atoms with van der Waals surface area (Å²) < 4.78 is 10.7. The molecule has 0 radical (unpaired) electrons. The molecule has 0 atom stereocenters. The monoisotopic (exact) mass is 283 g/mol. The minimum Gasteiger partial charge on any atom is -0.476 e. The molecule has 0 saturated heterocycles. The van der Waals surface area contributed by atoms with E-state index in [9.17, 15) is 4.79 Å². The minimum absolute atomic E-state index is 0.0621. The maximum absolute atomic E-state index is 11.2. The summed E-state index contributed by atoms with van der Waals surface area (Å²) >= 11 is 0. The standard InChI is InChI=1S/C16H13NO4/c1-2-20-16-13(15(18)19)17-14(21-16)12-9-5-7-10-6-3-4-8-11(10)12/h3-9H,2H2,1H3,(H,18,19). The number of benzene rings is 2. The van der Waals surface area contributed by atoms with Crippen LogP contribution in [0.15, 0.2) is 46.9 Å². The van der Waals surface area contributed by atoms with Crippen molar-refractivity contribution in [2.24, 2.45) is 0 Å². The number of rotatable bonds is 4. The van der Waals surface area contributed by atoms with Crippen molar-refractivity contribution >= 4 is 16.7 Å². The first-order chi connectivity index (χ1) is 10.2. The molecule has 0 fully saturated rings. The quantitative estimate of drug-likeness (QED) is 0.792. The van der Waals surface area contributed by atoms with Gasteiger partial charge in [0.2, 0.25) is 11.6 Å². The third-order valence-electron chi connectivity index (χ3n) is 3.09. The molecule has 2 aromatic carbocycles. The third kappa shape index (κ3) is 2.33. The van der Waals surface area contributed by atoms with Crippen molar-refractivity contribution in [2.45, 2.75) is 6.92 Å². The fourth-order valence-corrected chi connectivity index (χ4v) is 2.20. The lowest BCUT2D eigenvalue weighted by atomic mass is 10.0. The molecule has 0 amide bonds. The van der Waals surface area contributed by atoms with Crippen LogP contribution in [0.2, 0.25) is 0 Å². The Bertz CT molecular complexity index is 802. The van der Waals surface area contributed by atoms with E-state index >= 15 is 0 Å². The minimum atomic E-state index is -1.17. The number of carbonyl (C=O) groups is 1. The van der Waals surface area contributed by atoms with Gasteiger partial charge in [0.1, 0.15) is 0 Å². The Labute approximate surface area is 120 Å². The van der Waals surface area contributed by atoms with Crippen molar-refractivity contribution in [3.05, 3.63) is 48.2 Å². The lowest BCUT2D eigenvalue weighted by molar-refractivity contribution is 0.0683. The highest BCUT2D eigenvalue weighted by Crippen LogP contribution is 2.32. The van der Waals surface area contributed by atoms with Crippen molar-refractivity contribution in [1.29, 1.82) is 0 Å². The van der Waals surface area contributed by atoms with Crippen molar-refractivity contribution in [3.63, 3.8) is 0 Å². The van der Waals surface area contributed by atoms with Crippen LogP contribution in [-0.2, 0) is 0 Å². The Balaban J connectivity index is 2.19. The van der Waals surface area contributed by atoms with Gasteiger partial charge in [-0.15, -0.1) is 0 Å². The molecule has 0 aliphatic carbocycles. The molecule has 106 valence electrons. The Morgan fingerprint density at radius 3 is 2.76 bits per heavy atom. The second kappa shape index (κ2) is 5.28. The van der Waals surface area contributed by atoms with E-state index in [2.05, 4.69) is 4.98 Å². The zero-order chi connectivity index (χ0) is 14.8. The highest BCUT2D eigenvalue weighted by Gasteiger charge is 2.22. The van der Waals surface area contributed by atoms with E-state index < -0.39 is 5.97 Å². The molecular weight excluding hydrogens is 270 g/mol. The summed E-state index contributed by atoms with van der Waals surface area (Å²) in [6.07, 6.45) is 0. The Morgan fingerprint density at radius 2 is 2.00 bits per heavy atom. The number of nitrogens with zero attached hydrogens (tertiary/aromatic N) is 1. The summed E-state index contributed by atoms with van der Waals surface area (Å²) in [5.74, 6) is -0.991. The molecule has 0 aliphatic heterocycles. The predicted octanol–water partition coefficient (Wildman–Crippen LogP) is 3.59. The van der Waals surface area contributed by atoms with E-state index in [-0.39, 0.29) is 17.5 Å². The molecule has 0 aliphatic rings. The average Bonchev–Trinajstić information content (AvgIpc) is 2.91. The molecule has 5 nitrogen and oxygen atoms in total. The van der Waals surface area contributed by atoms with Crippen LogP contribution in [0.1, 0.15) is 17.4 Å². The van der Waals surface area contributed by atoms with E-state index in [0.29, 0.717) is 6.61 Å². The molecule has 0 unspecified atom stereocenters. The maximum Gasteiger partial charge on any atom is 0.362 e. The number of hydrogen-bond acceptors (Lipinski definition) is 4. The summed E-state index contributed by atoms with van der Waals surface area (Å²) in [5, 5.41) is 11.1. The van der Waals surface area contributed by atoms with Crippen molar-refractivity contribution in [2.75, 3.05) is 6.61 Å². The lowest BCUT2D eigenvalue weighted by Crippen LogP contribution is -2.01. The van der Waals surface area contributed by atoms with Crippen molar-refractivity contribution in [3.8, 4) is 17.4 Å². The summed E-state index contributed by atoms with van der Waals surface area (Å²) in [6, 6.07) is 13.5. The largest absolute Gasteiger partial charge is 0.476 e. The van der Waals surface area contributed by atoms with Gasteiger partial charge in [0.05, 0.1) is 6.61 Å². The van der Waals surface area contributed by atoms with E-state index in [1.807, 2.05) is 42.5 Å². The van der Waals surface area contributed by atoms with Crippen LogP contribution in [0.25, 0.3) is 22.2 Å². The van der Waals surface area contributed by atoms with Gasteiger partial charge < -0.3 is 14.3 Å². The number of fused-ring (bicyclic) bond motifs is 1. The second-order valence-electron chi connectivity index (χ2n) is 4.42. The molecule has 1 heterocycles. The van der Waals surface area contributed by atoms with Crippen LogP contribution in [0.5, 0.6) is 5.95 Å². The predicted molar refractivity (Wildman–Crippen MR) is 77.6 cm³/mol. The van der Waals surface area contributed by atoms with Crippen molar-refractivity contribution in [1.82, 2.24) is 4.98 Å². The number of aromatic carboxylic acids is 1. The first-order valence-corrected chi connectivity index (χ1v) is 6.55. The lowest BCUT2D eigenvalue weighted by Gasteiger charge is -2.02. The molecule has 21 heavy (non-hydrogen) atoms. The van der Waals surface area contributed by atoms with Gasteiger partial charge in [0.15, 0.2) is 0 Å². The molecule has 3 rings (SSSR count). The van der Waals surface area contributed by atoms with Crippen LogP contribution >= 0.6 is 0 Å². The number of hydrogen-bond donors (Lipinski definition) is 1. The van der Waals surface area contributed by atoms with Crippen LogP contribution < -0.4 is 4.74 Å². The van der Waals surface area contributed by atoms with Crippen molar-refractivity contribution < 1.29 is 19.1 Å². The van der Waals surface area contributed by atoms with Gasteiger partial charge in [0.25, 0.3) is 0 Å². The fraction of sp³-hybridized carbons (Fsp3) is 0.125. The third-order valence-corrected chi connectivity index (χ3v) is 3.09. The van der Waals surface area contributed by atoms with Gasteiger partial charge in [0, 0.05) is 5.56 Å². The number of aromatic nitrogens is 1. The van der Waals surface area contributed by atoms with Gasteiger partial charge in [-0.1, -0.05) is 36.4 Å². The molecule has 0 bridgehead atoms. The van der Waals surface area contributed by atoms with Crippen LogP contribution in [0.3, 0.4) is 0 Å². The average molecular weight is 283 g/mol. The molecule has 0 saturated carbocycles. The molecule has 1 N–H and O–H groups in total. The van der Waals surface area contributed by atoms with E-state index in [1.54, 1.807) is 6.92 Å². The second-order valence-corrected chi connectivity index (χ2v) is 4.42. The van der Waals surface area contributed by atoms with Gasteiger partial charge in [-0.05, 0) is 23.8 Å². The van der Waals surface area contributed by atoms with Crippen LogP contribution in [-0.4, -0.2) is 22.7 Å². The van der Waals surface area contributed by atoms with E-state index in [4.69, 9.17) is 14.3 Å². The Kier molecular flexibility index (Phi) is 3.31. The molecule has 5 heteroatoms. The van der Waals surface area contributed by atoms with Gasteiger partial charge >= 0.3 is 11.9 Å². The smallest absolute Gasteiger partial charge is 0.362 e. The first kappa shape index (κ1) is 13.2. The molecule has 1 aromatic heterocycles. The number of oxazole rings is 1. The highest BCUT2D eigenvalue weighted by atomic mass is 16.6. The highest BCUT2D eigenvalue weighted by molar-refractivity contribution is 5.95. The molecular formula is C16H13NO4. The number of carboxylic acids is 1. The number of ether oxygens (including phenoxy) is 1. The summed E-state index contributed by atoms with van der Waals surface area (Å²) in [5.41, 5.74) is 0.529. The Hall–Kier alpha value is -2.82. The van der Waals surface area contributed by atoms with Crippen LogP contribution in [0, 0.1) is 0 Å². The normalized spacial score (nSPS) is 10.7. The van der Waals surface area contributed by atoms with Crippen LogP contribution in [0.4, 0.5) is 0 Å². The summed E-state index contributed by atoms with van der Waals surface area (Å²) in [4.78, 5) is 15.3. The fourth-order valence-electron chi connectivity index (χ4n) is 2.20. The van der Waals surface area contributed by atoms with Gasteiger partial charge in [-0.3, -0.25) is 0 Å². The Morgan fingerprint density at radius 1 is 1.24 bits per heavy atom. The first-order valence-electron chi connectivity index (χ1n) is 6.55. The SMILES string of the molecule is CCOc1oc(-c2cccc3ccccc23)nc1C(=O)O. The zero-order valence-corrected chi connectivity index (χ0v) is 11.4. The summed E-state index contributed by atoms with van der Waals surface area (Å²) in [6.45, 7) is 2.07. The zero-order valence-electron chi connectivity index (χ0n) is 11.4. The summed E-state index contributed by atoms with van der Waals surface area (Å²) in [7, 11) is 0. The maximum atomic E-state index is 11.2. The van der Waals surface area contributed by atoms with E-state index in [0.717, 1.165) is 16.3 Å². The van der Waals surface area contributed by atoms with Gasteiger partial charge in [-0.25, -0.2) is 4.79 Å². The van der Waals surface area contributed by atoms with Gasteiger partial charge in [-0.2, -0.15) is 4.98 Å². The topological polar surface area (TPSA) is 72.6 Å². The van der Waals surface area contributed by atoms with E-state index in [1.165, 1.54) is 0 Å². The molecule has 3 aromatic rings. The number of carboxylic acid groups (broad SMARTS) is 1.